The molecule has 0 aliphatic carbocycles. The largest absolute Gasteiger partial charge is 2.00 e. The maximum absolute atomic E-state index is 10.0. The molecule has 0 N–H and O–H groups in total. The Kier molecular flexibility index (Phi) is 10.4. The Morgan fingerprint density at radius 3 is 0.818 bits per heavy atom. The van der Waals surface area contributed by atoms with E-state index in [4.69, 9.17) is 18.9 Å². The van der Waals surface area contributed by atoms with E-state index in [1.807, 2.05) is 0 Å². The molecule has 0 aromatic carbocycles. The van der Waals surface area contributed by atoms with Gasteiger partial charge in [-0.25, -0.2) is 0 Å². The number of halogens is 4. The van der Waals surface area contributed by atoms with Gasteiger partial charge in [0.1, 0.15) is 0 Å². The summed E-state index contributed by atoms with van der Waals surface area (Å²) < 4.78 is 56.7. The second kappa shape index (κ2) is 6.39. The van der Waals surface area contributed by atoms with Gasteiger partial charge in [0.25, 0.3) is 0 Å². The molecule has 0 aliphatic heterocycles. The van der Waals surface area contributed by atoms with E-state index in [2.05, 4.69) is 0 Å². The summed E-state index contributed by atoms with van der Waals surface area (Å²) in [4.78, 5) is 16.7. The fourth-order valence-corrected chi connectivity index (χ4v) is 0. The molecule has 0 heterocycles. The van der Waals surface area contributed by atoms with E-state index in [0.717, 1.165) is 0 Å². The third-order valence-corrected chi connectivity index (χ3v) is 0. The van der Waals surface area contributed by atoms with E-state index < -0.39 is 16.0 Å². The Balaban J connectivity index is -0.000000107. The van der Waals surface area contributed by atoms with Crippen molar-refractivity contribution in [2.75, 3.05) is 0 Å². The maximum atomic E-state index is 10.0. The van der Waals surface area contributed by atoms with Gasteiger partial charge >= 0.3 is 39.0 Å². The number of rotatable bonds is 0. The molecule has 0 aliphatic rings. The van der Waals surface area contributed by atoms with Crippen LogP contribution >= 0.6 is 16.0 Å². The monoisotopic (exact) mass is 226 g/mol. The van der Waals surface area contributed by atoms with Crippen molar-refractivity contribution in [1.29, 1.82) is 0 Å². The van der Waals surface area contributed by atoms with Crippen molar-refractivity contribution in [3.05, 3.63) is 0 Å². The van der Waals surface area contributed by atoms with Gasteiger partial charge in [-0.1, -0.05) is 0 Å². The van der Waals surface area contributed by atoms with Crippen LogP contribution in [0.25, 0.3) is 0 Å². The van der Waals surface area contributed by atoms with Gasteiger partial charge in [-0.3, -0.25) is 9.13 Å². The number of hydrogen-bond acceptors (Lipinski definition) is 4. The van der Waals surface area contributed by atoms with Gasteiger partial charge in [0.15, 0.2) is 0 Å². The van der Waals surface area contributed by atoms with Crippen molar-refractivity contribution in [3.8, 4) is 0 Å². The van der Waals surface area contributed by atoms with Gasteiger partial charge in [0.05, 0.1) is 0 Å². The minimum atomic E-state index is -5.89. The van der Waals surface area contributed by atoms with Crippen LogP contribution in [0.2, 0.25) is 0 Å². The first-order chi connectivity index (χ1) is 4.00. The summed E-state index contributed by atoms with van der Waals surface area (Å²) in [7, 11) is -11.8. The molecule has 0 saturated heterocycles. The van der Waals surface area contributed by atoms with Crippen LogP contribution in [0.5, 0.6) is 0 Å². The molecule has 0 aromatic heterocycles. The first-order valence-electron chi connectivity index (χ1n) is 1.41. The maximum Gasteiger partial charge on any atom is 2.00 e. The van der Waals surface area contributed by atoms with Crippen molar-refractivity contribution >= 4 is 39.0 Å². The van der Waals surface area contributed by atoms with E-state index in [0.29, 0.717) is 0 Å². The molecule has 0 amide bonds. The molecule has 0 saturated carbocycles. The van der Waals surface area contributed by atoms with Crippen molar-refractivity contribution < 1.29 is 35.7 Å². The Morgan fingerprint density at radius 1 is 0.818 bits per heavy atom. The molecule has 11 heteroatoms. The Bertz CT molecular complexity index is 132. The first-order valence-corrected chi connectivity index (χ1v) is 4.22. The minimum Gasteiger partial charge on any atom is -0.749 e. The van der Waals surface area contributed by atoms with Crippen molar-refractivity contribution in [1.82, 2.24) is 0 Å². The van der Waals surface area contributed by atoms with Gasteiger partial charge < -0.3 is 9.79 Å². The van der Waals surface area contributed by atoms with Gasteiger partial charge in [-0.2, -0.15) is 16.8 Å². The molecule has 0 atom stereocenters. The zero-order valence-electron chi connectivity index (χ0n) is 4.75. The van der Waals surface area contributed by atoms with Gasteiger partial charge in [-0.05, 0) is 0 Å². The summed E-state index contributed by atoms with van der Waals surface area (Å²) in [6, 6.07) is 0. The van der Waals surface area contributed by atoms with Crippen LogP contribution in [0.1, 0.15) is 0 Å². The standard InChI is InChI=1S/2F2HO2P.Mg/c2*1-5(2,3)4;/h2*(H,3,4);/q;;+2/p-2. The average molecular weight is 226 g/mol. The zero-order chi connectivity index (χ0) is 9.00. The van der Waals surface area contributed by atoms with Crippen LogP contribution in [0, 0.1) is 0 Å². The summed E-state index contributed by atoms with van der Waals surface area (Å²) in [6.45, 7) is 0. The molecule has 0 bridgehead atoms. The fraction of sp³-hybridized carbons (Fsp3) is 0. The van der Waals surface area contributed by atoms with E-state index >= 15 is 0 Å². The molecule has 0 aromatic rings. The van der Waals surface area contributed by atoms with E-state index in [-0.39, 0.29) is 23.1 Å². The van der Waals surface area contributed by atoms with Crippen LogP contribution in [0.3, 0.4) is 0 Å². The second-order valence-electron chi connectivity index (χ2n) is 0.829. The van der Waals surface area contributed by atoms with Crippen LogP contribution < -0.4 is 9.79 Å². The molecule has 0 fully saturated rings. The molecule has 4 nitrogen and oxygen atoms in total. The van der Waals surface area contributed by atoms with Crippen LogP contribution in [0.15, 0.2) is 0 Å². The summed E-state index contributed by atoms with van der Waals surface area (Å²) in [5.41, 5.74) is 0. The first kappa shape index (κ1) is 17.8. The third-order valence-electron chi connectivity index (χ3n) is 0. The fourth-order valence-electron chi connectivity index (χ4n) is 0. The SMILES string of the molecule is O=P([O-])(F)F.O=P([O-])(F)F.[Mg+2]. The van der Waals surface area contributed by atoms with E-state index in [1.54, 1.807) is 0 Å². The second-order valence-corrected chi connectivity index (χ2v) is 2.49. The summed E-state index contributed by atoms with van der Waals surface area (Å²) >= 11 is 0. The molecule has 64 valence electrons. The molecule has 11 heavy (non-hydrogen) atoms. The molecule has 0 unspecified atom stereocenters. The van der Waals surface area contributed by atoms with Crippen LogP contribution in [0.4, 0.5) is 16.8 Å². The Labute approximate surface area is 75.1 Å². The molecule has 0 spiro atoms. The van der Waals surface area contributed by atoms with Gasteiger partial charge in [0, 0.05) is 0 Å². The van der Waals surface area contributed by atoms with Crippen molar-refractivity contribution in [3.63, 3.8) is 0 Å². The van der Waals surface area contributed by atoms with Gasteiger partial charge in [-0.15, -0.1) is 0 Å². The van der Waals surface area contributed by atoms with E-state index in [9.17, 15) is 16.8 Å². The minimum absolute atomic E-state index is 0. The normalized spacial score (nSPS) is 10.7. The predicted octanol–water partition coefficient (Wildman–Crippen LogP) is 0.407. The quantitative estimate of drug-likeness (QED) is 0.340. The topological polar surface area (TPSA) is 80.3 Å². The van der Waals surface area contributed by atoms with E-state index in [1.165, 1.54) is 0 Å². The predicted molar refractivity (Wildman–Crippen MR) is 25.4 cm³/mol. The summed E-state index contributed by atoms with van der Waals surface area (Å²) in [5.74, 6) is 0. The van der Waals surface area contributed by atoms with Crippen LogP contribution in [-0.4, -0.2) is 23.1 Å². The van der Waals surface area contributed by atoms with Gasteiger partial charge in [0.2, 0.25) is 0 Å². The van der Waals surface area contributed by atoms with Crippen LogP contribution in [-0.2, 0) is 9.13 Å². The van der Waals surface area contributed by atoms with Crippen molar-refractivity contribution in [2.24, 2.45) is 0 Å². The molecule has 0 radical (unpaired) electrons. The Hall–Kier alpha value is 0.866. The van der Waals surface area contributed by atoms with Crippen molar-refractivity contribution in [2.45, 2.75) is 0 Å². The number of hydrogen-bond donors (Lipinski definition) is 0. The smallest absolute Gasteiger partial charge is 0.749 e. The molecular weight excluding hydrogens is 226 g/mol. The zero-order valence-corrected chi connectivity index (χ0v) is 7.95. The molecular formula is F4MgO4P2. The molecule has 0 rings (SSSR count). The summed E-state index contributed by atoms with van der Waals surface area (Å²) in [6.07, 6.45) is 0. The third kappa shape index (κ3) is 1140. The Morgan fingerprint density at radius 2 is 0.818 bits per heavy atom. The summed E-state index contributed by atoms with van der Waals surface area (Å²) in [5, 5.41) is 0. The average Bonchev–Trinajstić information content (AvgIpc) is 1.12.